The second-order valence-corrected chi connectivity index (χ2v) is 6.53. The summed E-state index contributed by atoms with van der Waals surface area (Å²) < 4.78 is 2.19. The van der Waals surface area contributed by atoms with Crippen LogP contribution in [0, 0.1) is 16.7 Å². The fourth-order valence-electron chi connectivity index (χ4n) is 4.24. The third-order valence-electron chi connectivity index (χ3n) is 5.37. The third-order valence-corrected chi connectivity index (χ3v) is 6.59. The van der Waals surface area contributed by atoms with Crippen LogP contribution in [0.15, 0.2) is 0 Å². The quantitative estimate of drug-likeness (QED) is 0.438. The molecule has 0 aromatic carbocycles. The minimum Gasteiger partial charge on any atom is -0.259 e. The van der Waals surface area contributed by atoms with Gasteiger partial charge in [0.15, 0.2) is 5.72 Å². The summed E-state index contributed by atoms with van der Waals surface area (Å²) in [6.45, 7) is 4.93. The molecule has 0 radical (unpaired) electrons. The van der Waals surface area contributed by atoms with Crippen molar-refractivity contribution >= 4 is 11.9 Å². The van der Waals surface area contributed by atoms with Crippen molar-refractivity contribution in [2.24, 2.45) is 16.7 Å². The molecule has 0 amide bonds. The molecule has 3 heteroatoms. The van der Waals surface area contributed by atoms with Crippen LogP contribution in [0.2, 0.25) is 0 Å². The van der Waals surface area contributed by atoms with Gasteiger partial charge in [0.2, 0.25) is 0 Å². The Morgan fingerprint density at radius 2 is 2.31 bits per heavy atom. The van der Waals surface area contributed by atoms with Gasteiger partial charge in [0.25, 0.3) is 0 Å². The molecule has 0 aromatic rings. The molecule has 0 aromatic heterocycles. The van der Waals surface area contributed by atoms with Crippen molar-refractivity contribution in [3.8, 4) is 0 Å². The second-order valence-electron chi connectivity index (χ2n) is 5.65. The number of hydrogen-bond acceptors (Lipinski definition) is 3. The Balaban J connectivity index is 1.95. The zero-order valence-electron chi connectivity index (χ0n) is 8.17. The molecule has 4 fully saturated rings. The van der Waals surface area contributed by atoms with Crippen molar-refractivity contribution in [3.05, 3.63) is 0 Å². The molecule has 13 heavy (non-hydrogen) atoms. The zero-order chi connectivity index (χ0) is 8.90. The van der Waals surface area contributed by atoms with Crippen LogP contribution in [-0.4, -0.2) is 15.9 Å². The summed E-state index contributed by atoms with van der Waals surface area (Å²) in [6.07, 6.45) is 4.13. The van der Waals surface area contributed by atoms with Crippen molar-refractivity contribution in [2.75, 3.05) is 5.75 Å². The highest BCUT2D eigenvalue weighted by Crippen LogP contribution is 2.81. The Kier molecular flexibility index (Phi) is 0.987. The maximum absolute atomic E-state index is 5.82. The average Bonchev–Trinajstić information content (AvgIpc) is 2.53. The molecule has 2 aliphatic heterocycles. The summed E-state index contributed by atoms with van der Waals surface area (Å²) in [4.78, 5) is 5.82. The molecule has 2 nitrogen and oxygen atoms in total. The fraction of sp³-hybridized carbons (Fsp3) is 1.00. The first-order valence-corrected chi connectivity index (χ1v) is 6.19. The van der Waals surface area contributed by atoms with Gasteiger partial charge < -0.3 is 0 Å². The van der Waals surface area contributed by atoms with Crippen LogP contribution in [0.3, 0.4) is 0 Å². The van der Waals surface area contributed by atoms with Gasteiger partial charge in [-0.3, -0.25) is 4.84 Å². The second kappa shape index (κ2) is 1.70. The minimum atomic E-state index is 0.198. The summed E-state index contributed by atoms with van der Waals surface area (Å²) in [6, 6.07) is 0. The van der Waals surface area contributed by atoms with Crippen LogP contribution in [0.4, 0.5) is 0 Å². The van der Waals surface area contributed by atoms with Crippen molar-refractivity contribution in [1.29, 1.82) is 0 Å². The monoisotopic (exact) mass is 197 g/mol. The number of hydrogen-bond donors (Lipinski definition) is 0. The predicted molar refractivity (Wildman–Crippen MR) is 51.7 cm³/mol. The molecule has 4 atom stereocenters. The van der Waals surface area contributed by atoms with Crippen LogP contribution in [0.25, 0.3) is 0 Å². The number of nitrogens with zero attached hydrogens (tertiary/aromatic N) is 1. The topological polar surface area (TPSA) is 15.5 Å². The lowest BCUT2D eigenvalue weighted by atomic mass is 9.68. The molecule has 4 aliphatic rings. The summed E-state index contributed by atoms with van der Waals surface area (Å²) in [7, 11) is 0. The molecular weight excluding hydrogens is 182 g/mol. The van der Waals surface area contributed by atoms with Crippen LogP contribution in [0.1, 0.15) is 33.1 Å². The largest absolute Gasteiger partial charge is 0.259 e. The van der Waals surface area contributed by atoms with Crippen molar-refractivity contribution in [2.45, 2.75) is 38.8 Å². The molecule has 0 N–H and O–H groups in total. The molecular formula is C10H15NOS. The highest BCUT2D eigenvalue weighted by atomic mass is 32.2. The van der Waals surface area contributed by atoms with Gasteiger partial charge in [0.05, 0.1) is 0 Å². The van der Waals surface area contributed by atoms with Gasteiger partial charge in [-0.15, -0.1) is 0 Å². The minimum absolute atomic E-state index is 0.198. The molecule has 2 bridgehead atoms. The molecule has 2 saturated heterocycles. The molecule has 2 aliphatic carbocycles. The lowest BCUT2D eigenvalue weighted by molar-refractivity contribution is 0.0749. The van der Waals surface area contributed by atoms with Gasteiger partial charge in [0, 0.05) is 11.2 Å². The van der Waals surface area contributed by atoms with Gasteiger partial charge in [-0.1, -0.05) is 18.3 Å². The Morgan fingerprint density at radius 1 is 1.46 bits per heavy atom. The van der Waals surface area contributed by atoms with Gasteiger partial charge in [-0.2, -0.15) is 0 Å². The van der Waals surface area contributed by atoms with Gasteiger partial charge in [-0.05, 0) is 42.5 Å². The standard InChI is InChI=1S/C10H15NOS/c1-8(2)7-3-4-9(8)6-13-11-10(9,5-7)12-11/h7H,3-6H2,1-2H3/t7-,9+,10+,11?/m0/s1. The normalized spacial score (nSPS) is 65.1. The van der Waals surface area contributed by atoms with E-state index in [0.29, 0.717) is 10.8 Å². The highest BCUT2D eigenvalue weighted by Gasteiger charge is 2.84. The lowest BCUT2D eigenvalue weighted by Gasteiger charge is -2.36. The van der Waals surface area contributed by atoms with Crippen LogP contribution < -0.4 is 0 Å². The smallest absolute Gasteiger partial charge is 0.184 e. The van der Waals surface area contributed by atoms with Gasteiger partial charge in [-0.25, -0.2) is 0 Å². The Bertz CT molecular complexity index is 297. The van der Waals surface area contributed by atoms with Gasteiger partial charge >= 0.3 is 0 Å². The van der Waals surface area contributed by atoms with E-state index in [2.05, 4.69) is 18.3 Å². The maximum Gasteiger partial charge on any atom is 0.184 e. The van der Waals surface area contributed by atoms with E-state index in [1.807, 2.05) is 11.9 Å². The first-order chi connectivity index (χ1) is 6.12. The molecule has 2 heterocycles. The summed E-state index contributed by atoms with van der Waals surface area (Å²) in [5.41, 5.74) is 1.21. The van der Waals surface area contributed by atoms with Crippen LogP contribution in [-0.2, 0) is 4.84 Å². The number of fused-ring (bicyclic) bond motifs is 1. The summed E-state index contributed by atoms with van der Waals surface area (Å²) in [5.74, 6) is 2.22. The van der Waals surface area contributed by atoms with E-state index in [1.54, 1.807) is 0 Å². The molecule has 1 unspecified atom stereocenters. The SMILES string of the molecule is CC1(C)[C@H]2CC[C@@]13CSN1O[C@@]13C2. The third kappa shape index (κ3) is 0.512. The van der Waals surface area contributed by atoms with E-state index >= 15 is 0 Å². The number of hydroxylamine groups is 1. The van der Waals surface area contributed by atoms with Crippen LogP contribution in [0.5, 0.6) is 0 Å². The van der Waals surface area contributed by atoms with E-state index in [-0.39, 0.29) is 5.72 Å². The maximum atomic E-state index is 5.82. The number of rotatable bonds is 0. The summed E-state index contributed by atoms with van der Waals surface area (Å²) >= 11 is 1.92. The van der Waals surface area contributed by atoms with Crippen molar-refractivity contribution < 1.29 is 4.84 Å². The predicted octanol–water partition coefficient (Wildman–Crippen LogP) is 2.42. The van der Waals surface area contributed by atoms with E-state index < -0.39 is 0 Å². The lowest BCUT2D eigenvalue weighted by Crippen LogP contribution is -2.41. The fourth-order valence-corrected chi connectivity index (χ4v) is 5.95. The van der Waals surface area contributed by atoms with E-state index in [9.17, 15) is 0 Å². The zero-order valence-corrected chi connectivity index (χ0v) is 8.99. The summed E-state index contributed by atoms with van der Waals surface area (Å²) in [5, 5.41) is 0. The highest BCUT2D eigenvalue weighted by molar-refractivity contribution is 7.97. The first-order valence-electron chi connectivity index (χ1n) is 5.25. The van der Waals surface area contributed by atoms with Crippen molar-refractivity contribution in [1.82, 2.24) is 4.47 Å². The van der Waals surface area contributed by atoms with Crippen molar-refractivity contribution in [3.63, 3.8) is 0 Å². The van der Waals surface area contributed by atoms with E-state index in [4.69, 9.17) is 4.84 Å². The Morgan fingerprint density at radius 3 is 2.92 bits per heavy atom. The molecule has 2 saturated carbocycles. The molecule has 4 rings (SSSR count). The first kappa shape index (κ1) is 7.55. The van der Waals surface area contributed by atoms with Crippen LogP contribution >= 0.6 is 11.9 Å². The van der Waals surface area contributed by atoms with E-state index in [0.717, 1.165) is 5.92 Å². The molecule has 72 valence electrons. The average molecular weight is 197 g/mol. The molecule has 2 spiro atoms. The Labute approximate surface area is 83.1 Å². The van der Waals surface area contributed by atoms with Gasteiger partial charge in [0.1, 0.15) is 0 Å². The Hall–Kier alpha value is 0.270. The van der Waals surface area contributed by atoms with E-state index in [1.165, 1.54) is 25.0 Å².